The highest BCUT2D eigenvalue weighted by molar-refractivity contribution is 8.00. The van der Waals surface area contributed by atoms with Crippen molar-refractivity contribution in [3.63, 3.8) is 0 Å². The molecule has 4 rings (SSSR count). The minimum atomic E-state index is -0.162. The highest BCUT2D eigenvalue weighted by Gasteiger charge is 2.09. The van der Waals surface area contributed by atoms with Crippen molar-refractivity contribution >= 4 is 45.7 Å². The Hall–Kier alpha value is -3.57. The number of hydrogen-bond acceptors (Lipinski definition) is 3. The molecule has 0 heterocycles. The smallest absolute Gasteiger partial charge is 0.255 e. The summed E-state index contributed by atoms with van der Waals surface area (Å²) in [6, 6.07) is 27.2. The standard InChI is InChI=1S/C27H24N2O2S/c1-18-10-11-19(2)25(14-18)29-26(30)17-32-24-9-5-8-23(16-24)28-27(31)22-13-12-20-6-3-4-7-21(20)15-22/h3-16H,17H2,1-2H3,(H,28,31)(H,29,30). The number of nitrogens with one attached hydrogen (secondary N) is 2. The van der Waals surface area contributed by atoms with Crippen molar-refractivity contribution in [2.75, 3.05) is 16.4 Å². The van der Waals surface area contributed by atoms with E-state index < -0.39 is 0 Å². The van der Waals surface area contributed by atoms with Crippen LogP contribution in [0.4, 0.5) is 11.4 Å². The fourth-order valence-electron chi connectivity index (χ4n) is 3.40. The lowest BCUT2D eigenvalue weighted by Gasteiger charge is -2.10. The van der Waals surface area contributed by atoms with Gasteiger partial charge in [0.1, 0.15) is 0 Å². The van der Waals surface area contributed by atoms with E-state index in [4.69, 9.17) is 0 Å². The number of carbonyl (C=O) groups is 2. The molecule has 0 unspecified atom stereocenters. The van der Waals surface area contributed by atoms with Gasteiger partial charge in [0, 0.05) is 21.8 Å². The van der Waals surface area contributed by atoms with Crippen LogP contribution in [0.15, 0.2) is 89.8 Å². The number of fused-ring (bicyclic) bond motifs is 1. The Bertz CT molecular complexity index is 1300. The maximum atomic E-state index is 12.7. The summed E-state index contributed by atoms with van der Waals surface area (Å²) in [7, 11) is 0. The molecule has 5 heteroatoms. The highest BCUT2D eigenvalue weighted by atomic mass is 32.2. The number of benzene rings is 4. The van der Waals surface area contributed by atoms with Crippen molar-refractivity contribution in [3.05, 3.63) is 102 Å². The first-order valence-corrected chi connectivity index (χ1v) is 11.4. The van der Waals surface area contributed by atoms with Crippen molar-refractivity contribution < 1.29 is 9.59 Å². The van der Waals surface area contributed by atoms with Gasteiger partial charge in [-0.2, -0.15) is 0 Å². The Morgan fingerprint density at radius 3 is 2.44 bits per heavy atom. The summed E-state index contributed by atoms with van der Waals surface area (Å²) in [5, 5.41) is 8.05. The van der Waals surface area contributed by atoms with E-state index in [-0.39, 0.29) is 17.6 Å². The van der Waals surface area contributed by atoms with Gasteiger partial charge in [0.25, 0.3) is 5.91 Å². The second-order valence-electron chi connectivity index (χ2n) is 7.70. The van der Waals surface area contributed by atoms with Crippen LogP contribution in [0.2, 0.25) is 0 Å². The molecule has 0 aliphatic rings. The van der Waals surface area contributed by atoms with Gasteiger partial charge in [-0.3, -0.25) is 9.59 Å². The quantitative estimate of drug-likeness (QED) is 0.339. The zero-order chi connectivity index (χ0) is 22.5. The summed E-state index contributed by atoms with van der Waals surface area (Å²) >= 11 is 1.43. The fourth-order valence-corrected chi connectivity index (χ4v) is 4.16. The van der Waals surface area contributed by atoms with Gasteiger partial charge in [-0.15, -0.1) is 11.8 Å². The highest BCUT2D eigenvalue weighted by Crippen LogP contribution is 2.24. The van der Waals surface area contributed by atoms with Crippen LogP contribution in [0, 0.1) is 13.8 Å². The first kappa shape index (κ1) is 21.7. The summed E-state index contributed by atoms with van der Waals surface area (Å²) in [5.41, 5.74) is 4.28. The Morgan fingerprint density at radius 2 is 1.59 bits per heavy atom. The Morgan fingerprint density at radius 1 is 0.781 bits per heavy atom. The van der Waals surface area contributed by atoms with E-state index in [0.717, 1.165) is 32.5 Å². The third-order valence-corrected chi connectivity index (χ3v) is 6.13. The zero-order valence-electron chi connectivity index (χ0n) is 18.0. The topological polar surface area (TPSA) is 58.2 Å². The Balaban J connectivity index is 1.38. The Kier molecular flexibility index (Phi) is 6.57. The lowest BCUT2D eigenvalue weighted by atomic mass is 10.1. The number of carbonyl (C=O) groups excluding carboxylic acids is 2. The van der Waals surface area contributed by atoms with E-state index in [9.17, 15) is 9.59 Å². The number of thioether (sulfide) groups is 1. The van der Waals surface area contributed by atoms with E-state index in [1.807, 2.05) is 98.8 Å². The number of amides is 2. The lowest BCUT2D eigenvalue weighted by molar-refractivity contribution is -0.113. The van der Waals surface area contributed by atoms with Crippen LogP contribution in [-0.2, 0) is 4.79 Å². The molecule has 0 aliphatic carbocycles. The van der Waals surface area contributed by atoms with Gasteiger partial charge in [-0.1, -0.05) is 48.5 Å². The second kappa shape index (κ2) is 9.71. The van der Waals surface area contributed by atoms with Crippen LogP contribution < -0.4 is 10.6 Å². The fraction of sp³-hybridized carbons (Fsp3) is 0.111. The first-order valence-electron chi connectivity index (χ1n) is 10.4. The van der Waals surface area contributed by atoms with Crippen LogP contribution in [0.25, 0.3) is 10.8 Å². The average molecular weight is 441 g/mol. The molecule has 0 aromatic heterocycles. The maximum Gasteiger partial charge on any atom is 0.255 e. The van der Waals surface area contributed by atoms with Crippen molar-refractivity contribution in [2.24, 2.45) is 0 Å². The molecule has 0 radical (unpaired) electrons. The van der Waals surface area contributed by atoms with Crippen LogP contribution in [0.5, 0.6) is 0 Å². The van der Waals surface area contributed by atoms with Crippen LogP contribution in [0.1, 0.15) is 21.5 Å². The molecule has 0 fully saturated rings. The third kappa shape index (κ3) is 5.37. The SMILES string of the molecule is Cc1ccc(C)c(NC(=O)CSc2cccc(NC(=O)c3ccc4ccccc4c3)c2)c1. The largest absolute Gasteiger partial charge is 0.325 e. The molecule has 0 spiro atoms. The third-order valence-electron chi connectivity index (χ3n) is 5.14. The van der Waals surface area contributed by atoms with E-state index in [0.29, 0.717) is 11.3 Å². The molecular weight excluding hydrogens is 416 g/mol. The van der Waals surface area contributed by atoms with E-state index in [1.54, 1.807) is 0 Å². The summed E-state index contributed by atoms with van der Waals surface area (Å²) in [6.45, 7) is 3.98. The van der Waals surface area contributed by atoms with Gasteiger partial charge >= 0.3 is 0 Å². The number of rotatable bonds is 6. The first-order chi connectivity index (χ1) is 15.5. The lowest BCUT2D eigenvalue weighted by Crippen LogP contribution is -2.15. The zero-order valence-corrected chi connectivity index (χ0v) is 18.8. The average Bonchev–Trinajstić information content (AvgIpc) is 2.80. The summed E-state index contributed by atoms with van der Waals surface area (Å²) < 4.78 is 0. The molecule has 0 aliphatic heterocycles. The van der Waals surface area contributed by atoms with Crippen LogP contribution >= 0.6 is 11.8 Å². The van der Waals surface area contributed by atoms with Gasteiger partial charge in [-0.25, -0.2) is 0 Å². The minimum Gasteiger partial charge on any atom is -0.325 e. The predicted octanol–water partition coefficient (Wildman–Crippen LogP) is 6.44. The molecule has 2 amide bonds. The van der Waals surface area contributed by atoms with Gasteiger partial charge in [0.05, 0.1) is 5.75 Å². The van der Waals surface area contributed by atoms with Crippen molar-refractivity contribution in [2.45, 2.75) is 18.7 Å². The summed E-state index contributed by atoms with van der Waals surface area (Å²) in [4.78, 5) is 26.0. The van der Waals surface area contributed by atoms with Crippen molar-refractivity contribution in [1.29, 1.82) is 0 Å². The van der Waals surface area contributed by atoms with Crippen LogP contribution in [-0.4, -0.2) is 17.6 Å². The van der Waals surface area contributed by atoms with E-state index in [1.165, 1.54) is 11.8 Å². The molecule has 0 bridgehead atoms. The van der Waals surface area contributed by atoms with Crippen molar-refractivity contribution in [3.8, 4) is 0 Å². The van der Waals surface area contributed by atoms with E-state index >= 15 is 0 Å². The normalized spacial score (nSPS) is 10.7. The molecule has 32 heavy (non-hydrogen) atoms. The number of aryl methyl sites for hydroxylation is 2. The van der Waals surface area contributed by atoms with Crippen LogP contribution in [0.3, 0.4) is 0 Å². The molecule has 0 saturated heterocycles. The molecule has 2 N–H and O–H groups in total. The molecule has 4 nitrogen and oxygen atoms in total. The number of anilines is 2. The molecule has 4 aromatic carbocycles. The summed E-state index contributed by atoms with van der Waals surface area (Å²) in [6.07, 6.45) is 0. The van der Waals surface area contributed by atoms with E-state index in [2.05, 4.69) is 10.6 Å². The summed E-state index contributed by atoms with van der Waals surface area (Å²) in [5.74, 6) is 0.0648. The minimum absolute atomic E-state index is 0.0608. The predicted molar refractivity (Wildman–Crippen MR) is 134 cm³/mol. The number of hydrogen-bond donors (Lipinski definition) is 2. The molecule has 160 valence electrons. The molecule has 4 aromatic rings. The van der Waals surface area contributed by atoms with Gasteiger partial charge in [0.2, 0.25) is 5.91 Å². The molecule has 0 saturated carbocycles. The molecular formula is C27H24N2O2S. The molecule has 0 atom stereocenters. The van der Waals surface area contributed by atoms with Crippen molar-refractivity contribution in [1.82, 2.24) is 0 Å². The second-order valence-corrected chi connectivity index (χ2v) is 8.75. The maximum absolute atomic E-state index is 12.7. The van der Waals surface area contributed by atoms with Gasteiger partial charge < -0.3 is 10.6 Å². The van der Waals surface area contributed by atoms with Gasteiger partial charge in [0.15, 0.2) is 0 Å². The monoisotopic (exact) mass is 440 g/mol. The Labute approximate surface area is 192 Å². The van der Waals surface area contributed by atoms with Gasteiger partial charge in [-0.05, 0) is 72.1 Å².